The van der Waals surface area contributed by atoms with Crippen LogP contribution in [0.4, 0.5) is 0 Å². The van der Waals surface area contributed by atoms with Gasteiger partial charge in [-0.15, -0.1) is 0 Å². The van der Waals surface area contributed by atoms with Gasteiger partial charge < -0.3 is 4.90 Å². The molecule has 1 aromatic heterocycles. The molecule has 0 radical (unpaired) electrons. The number of carbonyl (C=O) groups is 1. The highest BCUT2D eigenvalue weighted by Gasteiger charge is 2.35. The Bertz CT molecular complexity index is 1100. The first-order valence-corrected chi connectivity index (χ1v) is 13.0. The summed E-state index contributed by atoms with van der Waals surface area (Å²) in [6.07, 6.45) is 4.39. The number of thiazole rings is 1. The summed E-state index contributed by atoms with van der Waals surface area (Å²) in [7, 11) is -3.64. The van der Waals surface area contributed by atoms with Crippen molar-refractivity contribution in [1.82, 2.24) is 13.8 Å². The molecule has 0 saturated carbocycles. The van der Waals surface area contributed by atoms with Crippen molar-refractivity contribution in [2.45, 2.75) is 63.4 Å². The van der Waals surface area contributed by atoms with Crippen LogP contribution in [0.3, 0.4) is 0 Å². The summed E-state index contributed by atoms with van der Waals surface area (Å²) in [5.41, 5.74) is 0.770. The van der Waals surface area contributed by atoms with Gasteiger partial charge >= 0.3 is 4.87 Å². The minimum absolute atomic E-state index is 0.0756. The quantitative estimate of drug-likeness (QED) is 0.716. The summed E-state index contributed by atoms with van der Waals surface area (Å²) >= 11 is 1.07. The Kier molecular flexibility index (Phi) is 6.05. The molecular weight excluding hydrogens is 422 g/mol. The fourth-order valence-corrected chi connectivity index (χ4v) is 7.22. The van der Waals surface area contributed by atoms with Gasteiger partial charge in [0.15, 0.2) is 0 Å². The summed E-state index contributed by atoms with van der Waals surface area (Å²) < 4.78 is 30.2. The lowest BCUT2D eigenvalue weighted by atomic mass is 9.94. The molecule has 2 aromatic rings. The van der Waals surface area contributed by atoms with E-state index in [0.29, 0.717) is 37.2 Å². The van der Waals surface area contributed by atoms with Crippen LogP contribution < -0.4 is 4.87 Å². The van der Waals surface area contributed by atoms with Crippen LogP contribution in [0.25, 0.3) is 10.2 Å². The molecule has 2 fully saturated rings. The molecule has 2 aliphatic heterocycles. The van der Waals surface area contributed by atoms with Crippen LogP contribution in [0.1, 0.15) is 46.0 Å². The molecule has 0 aliphatic carbocycles. The Morgan fingerprint density at radius 1 is 1.13 bits per heavy atom. The van der Waals surface area contributed by atoms with Crippen LogP contribution in [0.15, 0.2) is 27.9 Å². The smallest absolute Gasteiger partial charge is 0.308 e. The lowest BCUT2D eigenvalue weighted by Crippen LogP contribution is -2.48. The Hall–Kier alpha value is -1.71. The number of rotatable bonds is 4. The van der Waals surface area contributed by atoms with E-state index in [4.69, 9.17) is 0 Å². The van der Waals surface area contributed by atoms with E-state index in [2.05, 4.69) is 6.92 Å². The maximum absolute atomic E-state index is 13.2. The van der Waals surface area contributed by atoms with E-state index in [9.17, 15) is 18.0 Å². The number of hydrogen-bond donors (Lipinski definition) is 0. The summed E-state index contributed by atoms with van der Waals surface area (Å²) in [4.78, 5) is 27.1. The highest BCUT2D eigenvalue weighted by molar-refractivity contribution is 7.89. The van der Waals surface area contributed by atoms with Gasteiger partial charge in [0.2, 0.25) is 15.9 Å². The van der Waals surface area contributed by atoms with Gasteiger partial charge in [-0.25, -0.2) is 8.42 Å². The van der Waals surface area contributed by atoms with E-state index < -0.39 is 10.0 Å². The number of amides is 1. The fourth-order valence-electron chi connectivity index (χ4n) is 4.66. The van der Waals surface area contributed by atoms with Gasteiger partial charge in [-0.2, -0.15) is 4.31 Å². The number of aromatic nitrogens is 1. The molecule has 3 heterocycles. The maximum atomic E-state index is 13.2. The topological polar surface area (TPSA) is 79.7 Å². The molecule has 0 spiro atoms. The molecule has 164 valence electrons. The summed E-state index contributed by atoms with van der Waals surface area (Å²) in [6.45, 7) is 6.08. The average molecular weight is 452 g/mol. The number of aryl methyl sites for hydroxylation is 1. The molecule has 1 unspecified atom stereocenters. The molecule has 4 rings (SSSR count). The van der Waals surface area contributed by atoms with Crippen molar-refractivity contribution < 1.29 is 13.2 Å². The fraction of sp³-hybridized carbons (Fsp3) is 0.619. The Balaban J connectivity index is 1.48. The standard InChI is InChI=1S/C21H29N3O4S2/c1-3-23-18-8-7-17(14-19(18)29-21(23)26)30(27,28)22-12-9-16(10-13-22)20(25)24-11-5-4-6-15(24)2/h7-8,14-16H,3-6,9-13H2,1-2H3. The molecule has 1 atom stereocenters. The molecule has 0 N–H and O–H groups in total. The minimum atomic E-state index is -3.64. The monoisotopic (exact) mass is 451 g/mol. The van der Waals surface area contributed by atoms with E-state index in [-0.39, 0.29) is 27.6 Å². The van der Waals surface area contributed by atoms with Gasteiger partial charge in [0, 0.05) is 38.1 Å². The van der Waals surface area contributed by atoms with Crippen molar-refractivity contribution in [1.29, 1.82) is 0 Å². The predicted octanol–water partition coefficient (Wildman–Crippen LogP) is 2.88. The van der Waals surface area contributed by atoms with Gasteiger partial charge in [-0.05, 0) is 64.2 Å². The largest absolute Gasteiger partial charge is 0.340 e. The number of benzene rings is 1. The number of nitrogens with zero attached hydrogens (tertiary/aromatic N) is 3. The number of piperidine rings is 2. The Morgan fingerprint density at radius 3 is 2.53 bits per heavy atom. The Morgan fingerprint density at radius 2 is 1.87 bits per heavy atom. The van der Waals surface area contributed by atoms with E-state index in [1.54, 1.807) is 22.8 Å². The van der Waals surface area contributed by atoms with Crippen LogP contribution in [0.5, 0.6) is 0 Å². The van der Waals surface area contributed by atoms with Crippen molar-refractivity contribution >= 4 is 37.5 Å². The SMILES string of the molecule is CCn1c(=O)sc2cc(S(=O)(=O)N3CCC(C(=O)N4CCCCC4C)CC3)ccc21. The third-order valence-electron chi connectivity index (χ3n) is 6.48. The van der Waals surface area contributed by atoms with Crippen molar-refractivity contribution in [2.24, 2.45) is 5.92 Å². The molecular formula is C21H29N3O4S2. The maximum Gasteiger partial charge on any atom is 0.308 e. The number of likely N-dealkylation sites (tertiary alicyclic amines) is 1. The normalized spacial score (nSPS) is 21.9. The zero-order valence-corrected chi connectivity index (χ0v) is 19.2. The second kappa shape index (κ2) is 8.43. The van der Waals surface area contributed by atoms with Crippen LogP contribution in [0.2, 0.25) is 0 Å². The first kappa shape index (κ1) is 21.5. The molecule has 2 aliphatic rings. The van der Waals surface area contributed by atoms with E-state index in [1.165, 1.54) is 10.7 Å². The van der Waals surface area contributed by atoms with Crippen molar-refractivity contribution in [3.63, 3.8) is 0 Å². The molecule has 1 aromatic carbocycles. The van der Waals surface area contributed by atoms with Crippen molar-refractivity contribution in [2.75, 3.05) is 19.6 Å². The van der Waals surface area contributed by atoms with Gasteiger partial charge in [-0.3, -0.25) is 14.2 Å². The van der Waals surface area contributed by atoms with Crippen LogP contribution in [-0.4, -0.2) is 53.8 Å². The van der Waals surface area contributed by atoms with Crippen LogP contribution in [0, 0.1) is 5.92 Å². The zero-order valence-electron chi connectivity index (χ0n) is 17.5. The average Bonchev–Trinajstić information content (AvgIpc) is 3.07. The number of sulfonamides is 1. The van der Waals surface area contributed by atoms with Gasteiger partial charge in [0.25, 0.3) is 0 Å². The number of carbonyl (C=O) groups excluding carboxylic acids is 1. The Labute approximate surface area is 181 Å². The van der Waals surface area contributed by atoms with Crippen molar-refractivity contribution in [3.05, 3.63) is 27.9 Å². The minimum Gasteiger partial charge on any atom is -0.340 e. The number of hydrogen-bond acceptors (Lipinski definition) is 5. The molecule has 2 saturated heterocycles. The first-order chi connectivity index (χ1) is 14.3. The van der Waals surface area contributed by atoms with E-state index in [0.717, 1.165) is 36.2 Å². The lowest BCUT2D eigenvalue weighted by Gasteiger charge is -2.38. The third kappa shape index (κ3) is 3.83. The second-order valence-corrected chi connectivity index (χ2v) is 11.2. The van der Waals surface area contributed by atoms with E-state index in [1.807, 2.05) is 11.8 Å². The van der Waals surface area contributed by atoms with Gasteiger partial charge in [-0.1, -0.05) is 11.3 Å². The summed E-state index contributed by atoms with van der Waals surface area (Å²) in [5, 5.41) is 0. The first-order valence-electron chi connectivity index (χ1n) is 10.8. The lowest BCUT2D eigenvalue weighted by molar-refractivity contribution is -0.140. The van der Waals surface area contributed by atoms with Crippen LogP contribution >= 0.6 is 11.3 Å². The van der Waals surface area contributed by atoms with E-state index >= 15 is 0 Å². The molecule has 1 amide bonds. The summed E-state index contributed by atoms with van der Waals surface area (Å²) in [6, 6.07) is 5.19. The molecule has 30 heavy (non-hydrogen) atoms. The molecule has 7 nitrogen and oxygen atoms in total. The highest BCUT2D eigenvalue weighted by Crippen LogP contribution is 2.29. The van der Waals surface area contributed by atoms with Crippen LogP contribution in [-0.2, 0) is 21.4 Å². The molecule has 9 heteroatoms. The summed E-state index contributed by atoms with van der Waals surface area (Å²) in [5.74, 6) is 0.0923. The highest BCUT2D eigenvalue weighted by atomic mass is 32.2. The van der Waals surface area contributed by atoms with Gasteiger partial charge in [0.1, 0.15) is 0 Å². The molecule has 0 bridgehead atoms. The van der Waals surface area contributed by atoms with Gasteiger partial charge in [0.05, 0.1) is 15.1 Å². The second-order valence-electron chi connectivity index (χ2n) is 8.30. The predicted molar refractivity (Wildman–Crippen MR) is 118 cm³/mol. The van der Waals surface area contributed by atoms with Crippen molar-refractivity contribution in [3.8, 4) is 0 Å². The third-order valence-corrected chi connectivity index (χ3v) is 9.32. The number of fused-ring (bicyclic) bond motifs is 1. The zero-order chi connectivity index (χ0) is 21.5.